The maximum atomic E-state index is 12.0. The zero-order chi connectivity index (χ0) is 13.7. The molecule has 2 atom stereocenters. The Morgan fingerprint density at radius 3 is 2.90 bits per heavy atom. The fourth-order valence-corrected chi connectivity index (χ4v) is 2.91. The predicted octanol–water partition coefficient (Wildman–Crippen LogP) is 2.59. The van der Waals surface area contributed by atoms with Crippen molar-refractivity contribution >= 4 is 18.3 Å². The Kier molecular flexibility index (Phi) is 7.03. The first-order valence-corrected chi connectivity index (χ1v) is 7.24. The number of amides is 1. The van der Waals surface area contributed by atoms with Gasteiger partial charge in [-0.2, -0.15) is 0 Å². The molecule has 1 aromatic carbocycles. The molecule has 0 bridgehead atoms. The number of carbonyl (C=O) groups is 1. The number of nitrogens with two attached hydrogens (primary N) is 1. The number of hydrogen-bond acceptors (Lipinski definition) is 2. The molecule has 112 valence electrons. The molecule has 0 aliphatic heterocycles. The first-order chi connectivity index (χ1) is 9.19. The average Bonchev–Trinajstić information content (AvgIpc) is 2.84. The SMILES string of the molecule is Cc1cccc(CCC(=O)NC2CCCC2CN)c1.Cl. The molecule has 1 saturated carbocycles. The van der Waals surface area contributed by atoms with Gasteiger partial charge >= 0.3 is 0 Å². The van der Waals surface area contributed by atoms with Gasteiger partial charge < -0.3 is 11.1 Å². The van der Waals surface area contributed by atoms with E-state index in [-0.39, 0.29) is 18.3 Å². The maximum Gasteiger partial charge on any atom is 0.220 e. The van der Waals surface area contributed by atoms with Gasteiger partial charge in [0.25, 0.3) is 0 Å². The van der Waals surface area contributed by atoms with Crippen molar-refractivity contribution in [3.05, 3.63) is 35.4 Å². The van der Waals surface area contributed by atoms with E-state index in [9.17, 15) is 4.79 Å². The third-order valence-corrected chi connectivity index (χ3v) is 4.03. The standard InChI is InChI=1S/C16H24N2O.ClH/c1-12-4-2-5-13(10-12)8-9-16(19)18-15-7-3-6-14(15)11-17;/h2,4-5,10,14-15H,3,6-9,11,17H2,1H3,(H,18,19);1H. The van der Waals surface area contributed by atoms with Gasteiger partial charge in [-0.25, -0.2) is 0 Å². The molecule has 4 heteroatoms. The van der Waals surface area contributed by atoms with Crippen molar-refractivity contribution in [1.82, 2.24) is 5.32 Å². The monoisotopic (exact) mass is 296 g/mol. The molecular weight excluding hydrogens is 272 g/mol. The highest BCUT2D eigenvalue weighted by atomic mass is 35.5. The topological polar surface area (TPSA) is 55.1 Å². The van der Waals surface area contributed by atoms with Crippen LogP contribution in [0, 0.1) is 12.8 Å². The van der Waals surface area contributed by atoms with E-state index < -0.39 is 0 Å². The normalized spacial score (nSPS) is 21.3. The van der Waals surface area contributed by atoms with Crippen molar-refractivity contribution in [3.63, 3.8) is 0 Å². The zero-order valence-corrected chi connectivity index (χ0v) is 12.9. The summed E-state index contributed by atoms with van der Waals surface area (Å²) < 4.78 is 0. The van der Waals surface area contributed by atoms with Crippen LogP contribution in [0.15, 0.2) is 24.3 Å². The Bertz CT molecular complexity index is 436. The van der Waals surface area contributed by atoms with Gasteiger partial charge in [0.15, 0.2) is 0 Å². The second-order valence-electron chi connectivity index (χ2n) is 5.59. The third-order valence-electron chi connectivity index (χ3n) is 4.03. The van der Waals surface area contributed by atoms with Crippen LogP contribution in [-0.4, -0.2) is 18.5 Å². The molecule has 1 fully saturated rings. The van der Waals surface area contributed by atoms with E-state index in [0.717, 1.165) is 19.3 Å². The van der Waals surface area contributed by atoms with Crippen molar-refractivity contribution < 1.29 is 4.79 Å². The Balaban J connectivity index is 0.00000200. The summed E-state index contributed by atoms with van der Waals surface area (Å²) in [5.41, 5.74) is 8.21. The fraction of sp³-hybridized carbons (Fsp3) is 0.562. The predicted molar refractivity (Wildman–Crippen MR) is 85.1 cm³/mol. The van der Waals surface area contributed by atoms with Gasteiger partial charge in [0, 0.05) is 12.5 Å². The van der Waals surface area contributed by atoms with Crippen LogP contribution in [0.4, 0.5) is 0 Å². The van der Waals surface area contributed by atoms with Crippen LogP contribution in [0.5, 0.6) is 0 Å². The number of rotatable bonds is 5. The highest BCUT2D eigenvalue weighted by Gasteiger charge is 2.26. The smallest absolute Gasteiger partial charge is 0.220 e. The van der Waals surface area contributed by atoms with Crippen LogP contribution in [0.3, 0.4) is 0 Å². The number of hydrogen-bond donors (Lipinski definition) is 2. The molecular formula is C16H25ClN2O. The molecule has 0 radical (unpaired) electrons. The van der Waals surface area contributed by atoms with Gasteiger partial charge in [-0.1, -0.05) is 36.2 Å². The molecule has 2 rings (SSSR count). The van der Waals surface area contributed by atoms with Crippen molar-refractivity contribution in [2.45, 2.75) is 45.1 Å². The molecule has 1 aliphatic rings. The molecule has 0 aromatic heterocycles. The Hall–Kier alpha value is -1.06. The lowest BCUT2D eigenvalue weighted by atomic mass is 10.0. The van der Waals surface area contributed by atoms with E-state index in [1.165, 1.54) is 17.5 Å². The molecule has 1 aliphatic carbocycles. The molecule has 20 heavy (non-hydrogen) atoms. The summed E-state index contributed by atoms with van der Waals surface area (Å²) in [4.78, 5) is 12.0. The highest BCUT2D eigenvalue weighted by molar-refractivity contribution is 5.85. The molecule has 1 amide bonds. The summed E-state index contributed by atoms with van der Waals surface area (Å²) in [5, 5.41) is 3.15. The Labute approximate surface area is 127 Å². The number of aryl methyl sites for hydroxylation is 2. The summed E-state index contributed by atoms with van der Waals surface area (Å²) in [6.45, 7) is 2.76. The fourth-order valence-electron chi connectivity index (χ4n) is 2.91. The number of nitrogens with one attached hydrogen (secondary N) is 1. The van der Waals surface area contributed by atoms with E-state index in [1.807, 2.05) is 6.07 Å². The van der Waals surface area contributed by atoms with Gasteiger partial charge in [-0.05, 0) is 44.2 Å². The Morgan fingerprint density at radius 2 is 2.20 bits per heavy atom. The first-order valence-electron chi connectivity index (χ1n) is 7.24. The van der Waals surface area contributed by atoms with E-state index in [4.69, 9.17) is 5.73 Å². The molecule has 0 spiro atoms. The van der Waals surface area contributed by atoms with Crippen LogP contribution in [0.2, 0.25) is 0 Å². The summed E-state index contributed by atoms with van der Waals surface area (Å²) >= 11 is 0. The quantitative estimate of drug-likeness (QED) is 0.877. The number of carbonyl (C=O) groups excluding carboxylic acids is 1. The van der Waals surface area contributed by atoms with Gasteiger partial charge in [0.1, 0.15) is 0 Å². The van der Waals surface area contributed by atoms with Crippen molar-refractivity contribution in [1.29, 1.82) is 0 Å². The van der Waals surface area contributed by atoms with Crippen LogP contribution in [0.25, 0.3) is 0 Å². The second-order valence-corrected chi connectivity index (χ2v) is 5.59. The van der Waals surface area contributed by atoms with E-state index in [2.05, 4.69) is 30.4 Å². The Morgan fingerprint density at radius 1 is 1.40 bits per heavy atom. The molecule has 3 nitrogen and oxygen atoms in total. The minimum atomic E-state index is 0. The molecule has 3 N–H and O–H groups in total. The largest absolute Gasteiger partial charge is 0.353 e. The van der Waals surface area contributed by atoms with Crippen LogP contribution in [-0.2, 0) is 11.2 Å². The van der Waals surface area contributed by atoms with E-state index in [1.54, 1.807) is 0 Å². The lowest BCUT2D eigenvalue weighted by Crippen LogP contribution is -2.39. The number of halogens is 1. The van der Waals surface area contributed by atoms with Crippen molar-refractivity contribution in [3.8, 4) is 0 Å². The zero-order valence-electron chi connectivity index (χ0n) is 12.1. The second kappa shape index (κ2) is 8.28. The third kappa shape index (κ3) is 4.80. The molecule has 0 saturated heterocycles. The minimum Gasteiger partial charge on any atom is -0.353 e. The van der Waals surface area contributed by atoms with Crippen LogP contribution in [0.1, 0.15) is 36.8 Å². The summed E-state index contributed by atoms with van der Waals surface area (Å²) in [6.07, 6.45) is 4.80. The van der Waals surface area contributed by atoms with Gasteiger partial charge in [0.2, 0.25) is 5.91 Å². The summed E-state index contributed by atoms with van der Waals surface area (Å²) in [5.74, 6) is 0.634. The minimum absolute atomic E-state index is 0. The lowest BCUT2D eigenvalue weighted by molar-refractivity contribution is -0.122. The average molecular weight is 297 g/mol. The van der Waals surface area contributed by atoms with E-state index >= 15 is 0 Å². The van der Waals surface area contributed by atoms with Gasteiger partial charge in [-0.15, -0.1) is 12.4 Å². The molecule has 2 unspecified atom stereocenters. The van der Waals surface area contributed by atoms with Crippen LogP contribution < -0.4 is 11.1 Å². The van der Waals surface area contributed by atoms with Crippen molar-refractivity contribution in [2.24, 2.45) is 11.7 Å². The maximum absolute atomic E-state index is 12.0. The van der Waals surface area contributed by atoms with Crippen molar-refractivity contribution in [2.75, 3.05) is 6.54 Å². The van der Waals surface area contributed by atoms with Crippen LogP contribution >= 0.6 is 12.4 Å². The lowest BCUT2D eigenvalue weighted by Gasteiger charge is -2.19. The molecule has 0 heterocycles. The summed E-state index contributed by atoms with van der Waals surface area (Å²) in [7, 11) is 0. The first kappa shape index (κ1) is 17.0. The highest BCUT2D eigenvalue weighted by Crippen LogP contribution is 2.24. The van der Waals surface area contributed by atoms with Gasteiger partial charge in [0.05, 0.1) is 0 Å². The van der Waals surface area contributed by atoms with E-state index in [0.29, 0.717) is 24.9 Å². The molecule has 1 aromatic rings. The summed E-state index contributed by atoms with van der Waals surface area (Å²) in [6, 6.07) is 8.65. The van der Waals surface area contributed by atoms with Gasteiger partial charge in [-0.3, -0.25) is 4.79 Å². The number of benzene rings is 1.